The smallest absolute Gasteiger partial charge is 0.243 e. The molecule has 8 nitrogen and oxygen atoms in total. The lowest BCUT2D eigenvalue weighted by Gasteiger charge is -2.10. The van der Waals surface area contributed by atoms with Crippen LogP contribution in [0.1, 0.15) is 25.8 Å². The van der Waals surface area contributed by atoms with E-state index in [1.54, 1.807) is 0 Å². The van der Waals surface area contributed by atoms with Gasteiger partial charge in [-0.1, -0.05) is 66.9 Å². The number of hydrogen-bond acceptors (Lipinski definition) is 8. The largest absolute Gasteiger partial charge is 0.355 e. The summed E-state index contributed by atoms with van der Waals surface area (Å²) in [7, 11) is 0. The van der Waals surface area contributed by atoms with E-state index in [-0.39, 0.29) is 35.8 Å². The molecule has 0 unspecified atom stereocenters. The fourth-order valence-corrected chi connectivity index (χ4v) is 4.94. The number of benzene rings is 1. The predicted octanol–water partition coefficient (Wildman–Crippen LogP) is 2.57. The number of rotatable bonds is 12. The highest BCUT2D eigenvalue weighted by Crippen LogP contribution is 2.28. The lowest BCUT2D eigenvalue weighted by Crippen LogP contribution is -2.34. The van der Waals surface area contributed by atoms with Gasteiger partial charge < -0.3 is 16.0 Å². The monoisotopic (exact) mass is 467 g/mol. The molecule has 0 aliphatic heterocycles. The van der Waals surface area contributed by atoms with Crippen LogP contribution in [0, 0.1) is 0 Å². The Morgan fingerprint density at radius 1 is 0.933 bits per heavy atom. The van der Waals surface area contributed by atoms with Crippen molar-refractivity contribution < 1.29 is 14.4 Å². The molecule has 0 aliphatic rings. The second-order valence-electron chi connectivity index (χ2n) is 6.10. The highest BCUT2D eigenvalue weighted by atomic mass is 32.2. The molecule has 30 heavy (non-hydrogen) atoms. The summed E-state index contributed by atoms with van der Waals surface area (Å²) >= 11 is 3.90. The minimum atomic E-state index is -0.273. The van der Waals surface area contributed by atoms with Gasteiger partial charge >= 0.3 is 0 Å². The summed E-state index contributed by atoms with van der Waals surface area (Å²) in [4.78, 5) is 35.7. The summed E-state index contributed by atoms with van der Waals surface area (Å²) in [5.41, 5.74) is 1.80. The molecule has 1 aromatic carbocycles. The molecule has 11 heteroatoms. The first kappa shape index (κ1) is 24.2. The van der Waals surface area contributed by atoms with Crippen LogP contribution in [0.3, 0.4) is 0 Å². The van der Waals surface area contributed by atoms with Crippen LogP contribution < -0.4 is 16.0 Å². The lowest BCUT2D eigenvalue weighted by molar-refractivity contribution is -0.122. The van der Waals surface area contributed by atoms with E-state index in [1.807, 2.05) is 38.1 Å². The van der Waals surface area contributed by atoms with Crippen molar-refractivity contribution in [3.05, 3.63) is 29.8 Å². The number of para-hydroxylation sites is 1. The van der Waals surface area contributed by atoms with E-state index >= 15 is 0 Å². The molecule has 162 valence electrons. The normalized spacial score (nSPS) is 10.5. The Morgan fingerprint density at radius 2 is 1.57 bits per heavy atom. The minimum Gasteiger partial charge on any atom is -0.355 e. The number of carbonyl (C=O) groups is 3. The van der Waals surface area contributed by atoms with Crippen molar-refractivity contribution in [3.8, 4) is 0 Å². The standard InChI is InChI=1S/C19H25N5O3S3/c1-3-9-20-16(26)11-28-18-23-24-19(30-18)29-12-17(27)21-10-15(25)22-14-8-6-5-7-13(14)4-2/h5-8H,3-4,9-12H2,1-2H3,(H,20,26)(H,21,27)(H,22,25). The zero-order valence-corrected chi connectivity index (χ0v) is 19.3. The maximum absolute atomic E-state index is 12.1. The number of amides is 3. The average Bonchev–Trinajstić information content (AvgIpc) is 3.21. The zero-order chi connectivity index (χ0) is 21.8. The van der Waals surface area contributed by atoms with Crippen LogP contribution in [0.15, 0.2) is 32.9 Å². The van der Waals surface area contributed by atoms with Crippen molar-refractivity contribution in [2.24, 2.45) is 0 Å². The lowest BCUT2D eigenvalue weighted by atomic mass is 10.1. The molecule has 2 rings (SSSR count). The second kappa shape index (κ2) is 13.2. The van der Waals surface area contributed by atoms with Gasteiger partial charge in [-0.05, 0) is 24.5 Å². The Balaban J connectivity index is 1.68. The molecule has 0 aliphatic carbocycles. The third kappa shape index (κ3) is 8.72. The van der Waals surface area contributed by atoms with Crippen LogP contribution >= 0.6 is 34.9 Å². The first-order valence-corrected chi connectivity index (χ1v) is 12.3. The third-order valence-corrected chi connectivity index (χ3v) is 6.92. The molecular formula is C19H25N5O3S3. The van der Waals surface area contributed by atoms with Crippen LogP contribution in [0.25, 0.3) is 0 Å². The highest BCUT2D eigenvalue weighted by Gasteiger charge is 2.12. The highest BCUT2D eigenvalue weighted by molar-refractivity contribution is 8.03. The molecule has 1 aromatic heterocycles. The van der Waals surface area contributed by atoms with E-state index in [0.29, 0.717) is 15.2 Å². The number of aromatic nitrogens is 2. The Hall–Kier alpha value is -2.11. The van der Waals surface area contributed by atoms with Gasteiger partial charge in [0.05, 0.1) is 18.1 Å². The van der Waals surface area contributed by atoms with E-state index < -0.39 is 0 Å². The van der Waals surface area contributed by atoms with E-state index in [4.69, 9.17) is 0 Å². The minimum absolute atomic E-state index is 0.0366. The first-order valence-electron chi connectivity index (χ1n) is 9.52. The topological polar surface area (TPSA) is 113 Å². The van der Waals surface area contributed by atoms with Gasteiger partial charge in [-0.3, -0.25) is 14.4 Å². The number of thioether (sulfide) groups is 2. The Bertz CT molecular complexity index is 859. The van der Waals surface area contributed by atoms with Crippen molar-refractivity contribution in [1.82, 2.24) is 20.8 Å². The number of nitrogens with zero attached hydrogens (tertiary/aromatic N) is 2. The van der Waals surface area contributed by atoms with E-state index in [1.165, 1.54) is 34.9 Å². The van der Waals surface area contributed by atoms with Gasteiger partial charge in [0.15, 0.2) is 8.68 Å². The van der Waals surface area contributed by atoms with Gasteiger partial charge in [-0.25, -0.2) is 0 Å². The molecule has 0 bridgehead atoms. The van der Waals surface area contributed by atoms with Gasteiger partial charge in [0.25, 0.3) is 0 Å². The summed E-state index contributed by atoms with van der Waals surface area (Å²) in [5, 5.41) is 16.3. The maximum atomic E-state index is 12.1. The molecule has 2 aromatic rings. The van der Waals surface area contributed by atoms with Crippen molar-refractivity contribution in [3.63, 3.8) is 0 Å². The van der Waals surface area contributed by atoms with E-state index in [9.17, 15) is 14.4 Å². The maximum Gasteiger partial charge on any atom is 0.243 e. The molecule has 3 N–H and O–H groups in total. The van der Waals surface area contributed by atoms with Crippen LogP contribution in [-0.2, 0) is 20.8 Å². The number of anilines is 1. The Morgan fingerprint density at radius 3 is 2.20 bits per heavy atom. The zero-order valence-electron chi connectivity index (χ0n) is 16.9. The fourth-order valence-electron chi connectivity index (χ4n) is 2.26. The summed E-state index contributed by atoms with van der Waals surface area (Å²) in [6, 6.07) is 7.58. The molecule has 1 heterocycles. The van der Waals surface area contributed by atoms with Crippen LogP contribution in [0.2, 0.25) is 0 Å². The molecule has 0 saturated heterocycles. The predicted molar refractivity (Wildman–Crippen MR) is 122 cm³/mol. The van der Waals surface area contributed by atoms with Crippen molar-refractivity contribution in [2.75, 3.05) is 29.9 Å². The van der Waals surface area contributed by atoms with Crippen molar-refractivity contribution >= 4 is 58.3 Å². The molecule has 0 atom stereocenters. The van der Waals surface area contributed by atoms with Gasteiger partial charge in [-0.2, -0.15) is 0 Å². The Labute approximate surface area is 188 Å². The van der Waals surface area contributed by atoms with Crippen molar-refractivity contribution in [1.29, 1.82) is 0 Å². The van der Waals surface area contributed by atoms with Crippen LogP contribution in [-0.4, -0.2) is 52.5 Å². The van der Waals surface area contributed by atoms with E-state index in [2.05, 4.69) is 26.1 Å². The summed E-state index contributed by atoms with van der Waals surface area (Å²) < 4.78 is 1.32. The third-order valence-electron chi connectivity index (χ3n) is 3.73. The molecule has 0 spiro atoms. The van der Waals surface area contributed by atoms with E-state index in [0.717, 1.165) is 24.1 Å². The van der Waals surface area contributed by atoms with Gasteiger partial charge in [0.1, 0.15) is 0 Å². The van der Waals surface area contributed by atoms with Crippen LogP contribution in [0.4, 0.5) is 5.69 Å². The Kier molecular flexibility index (Phi) is 10.7. The summed E-state index contributed by atoms with van der Waals surface area (Å²) in [6.45, 7) is 4.58. The molecular weight excluding hydrogens is 442 g/mol. The fraction of sp³-hybridized carbons (Fsp3) is 0.421. The van der Waals surface area contributed by atoms with Crippen LogP contribution in [0.5, 0.6) is 0 Å². The average molecular weight is 468 g/mol. The first-order chi connectivity index (χ1) is 14.5. The van der Waals surface area contributed by atoms with Gasteiger partial charge in [0.2, 0.25) is 17.7 Å². The summed E-state index contributed by atoms with van der Waals surface area (Å²) in [5.74, 6) is -0.150. The molecule has 0 radical (unpaired) electrons. The SMILES string of the molecule is CCCNC(=O)CSc1nnc(SCC(=O)NCC(=O)Nc2ccccc2CC)s1. The number of hydrogen-bond donors (Lipinski definition) is 3. The number of nitrogens with one attached hydrogen (secondary N) is 3. The molecule has 0 fully saturated rings. The number of carbonyl (C=O) groups excluding carboxylic acids is 3. The number of aryl methyl sites for hydroxylation is 1. The van der Waals surface area contributed by atoms with Gasteiger partial charge in [0, 0.05) is 12.2 Å². The van der Waals surface area contributed by atoms with Crippen molar-refractivity contribution in [2.45, 2.75) is 35.4 Å². The second-order valence-corrected chi connectivity index (χ2v) is 9.52. The van der Waals surface area contributed by atoms with Gasteiger partial charge in [-0.15, -0.1) is 10.2 Å². The quantitative estimate of drug-likeness (QED) is 0.411. The summed E-state index contributed by atoms with van der Waals surface area (Å²) in [6.07, 6.45) is 1.71. The molecule has 0 saturated carbocycles. The molecule has 3 amide bonds.